The number of ether oxygens (including phenoxy) is 1. The Morgan fingerprint density at radius 2 is 1.86 bits per heavy atom. The number of carbonyl (C=O) groups excluding carboxylic acids is 1. The molecule has 4 rings (SSSR count). The number of nitrogen functional groups attached to an aromatic ring is 2. The topological polar surface area (TPSA) is 205 Å². The molecule has 3 aromatic heterocycles. The standard InChI is InChI=1S/C19H17F2N8O6P/c1-34-19(30)29(35-36(31,32)33)14-15(22)25-17(26-16(14)23)13-11-6-10(20)7-24-18(11)28(27-13)8-9-4-2-3-5-12(9)21/h2-7H,8H2,1H3,(H2,31,32,33)(H4,22,23,25,26). The highest BCUT2D eigenvalue weighted by Crippen LogP contribution is 2.42. The predicted octanol–water partition coefficient (Wildman–Crippen LogP) is 1.98. The summed E-state index contributed by atoms with van der Waals surface area (Å²) in [6, 6.07) is 7.06. The number of carbonyl (C=O) groups is 1. The van der Waals surface area contributed by atoms with Gasteiger partial charge in [-0.2, -0.15) is 9.72 Å². The largest absolute Gasteiger partial charge is 0.491 e. The smallest absolute Gasteiger partial charge is 0.451 e. The van der Waals surface area contributed by atoms with Crippen LogP contribution >= 0.6 is 7.82 Å². The van der Waals surface area contributed by atoms with Crippen molar-refractivity contribution >= 4 is 42.3 Å². The van der Waals surface area contributed by atoms with E-state index in [2.05, 4.69) is 29.4 Å². The Bertz CT molecular complexity index is 1500. The molecule has 188 valence electrons. The van der Waals surface area contributed by atoms with E-state index in [-0.39, 0.29) is 39.7 Å². The van der Waals surface area contributed by atoms with Crippen LogP contribution in [0.3, 0.4) is 0 Å². The van der Waals surface area contributed by atoms with Gasteiger partial charge in [0.2, 0.25) is 0 Å². The predicted molar refractivity (Wildman–Crippen MR) is 121 cm³/mol. The highest BCUT2D eigenvalue weighted by molar-refractivity contribution is 7.46. The molecular formula is C19H17F2N8O6P. The molecule has 36 heavy (non-hydrogen) atoms. The Morgan fingerprint density at radius 1 is 1.19 bits per heavy atom. The van der Waals surface area contributed by atoms with Gasteiger partial charge in [0.05, 0.1) is 25.2 Å². The number of rotatable bonds is 6. The van der Waals surface area contributed by atoms with Crippen LogP contribution in [0.4, 0.5) is 30.9 Å². The Hall–Kier alpha value is -4.24. The summed E-state index contributed by atoms with van der Waals surface area (Å²) in [5.41, 5.74) is 11.6. The molecule has 14 nitrogen and oxygen atoms in total. The van der Waals surface area contributed by atoms with Crippen LogP contribution in [0.5, 0.6) is 0 Å². The van der Waals surface area contributed by atoms with Gasteiger partial charge in [-0.05, 0) is 12.1 Å². The molecule has 17 heteroatoms. The number of nitrogens with zero attached hydrogens (tertiary/aromatic N) is 6. The molecule has 0 atom stereocenters. The normalized spacial score (nSPS) is 11.6. The SMILES string of the molecule is COC(=O)N(OP(=O)(O)O)c1c(N)nc(-c2nn(Cc3ccccc3F)c3ncc(F)cc23)nc1N. The Morgan fingerprint density at radius 3 is 2.47 bits per heavy atom. The molecule has 0 saturated carbocycles. The summed E-state index contributed by atoms with van der Waals surface area (Å²) in [4.78, 5) is 42.3. The van der Waals surface area contributed by atoms with Crippen LogP contribution in [0.15, 0.2) is 36.5 Å². The van der Waals surface area contributed by atoms with Crippen LogP contribution < -0.4 is 16.5 Å². The van der Waals surface area contributed by atoms with E-state index < -0.39 is 42.9 Å². The van der Waals surface area contributed by atoms with Crippen molar-refractivity contribution in [2.75, 3.05) is 23.6 Å². The lowest BCUT2D eigenvalue weighted by molar-refractivity contribution is 0.128. The van der Waals surface area contributed by atoms with Crippen LogP contribution in [0.25, 0.3) is 22.6 Å². The Balaban J connectivity index is 1.85. The number of amides is 1. The average Bonchev–Trinajstić information content (AvgIpc) is 3.15. The number of hydroxylamine groups is 1. The fourth-order valence-electron chi connectivity index (χ4n) is 3.26. The minimum absolute atomic E-state index is 0.00529. The minimum atomic E-state index is -5.27. The van der Waals surface area contributed by atoms with Crippen LogP contribution in [0.2, 0.25) is 0 Å². The van der Waals surface area contributed by atoms with E-state index >= 15 is 0 Å². The van der Waals surface area contributed by atoms with Gasteiger partial charge in [0.25, 0.3) is 0 Å². The maximum atomic E-state index is 14.2. The number of hydrogen-bond acceptors (Lipinski definition) is 10. The zero-order valence-corrected chi connectivity index (χ0v) is 19.1. The lowest BCUT2D eigenvalue weighted by Crippen LogP contribution is -2.32. The van der Waals surface area contributed by atoms with Crippen LogP contribution in [0.1, 0.15) is 5.56 Å². The summed E-state index contributed by atoms with van der Waals surface area (Å²) in [6.07, 6.45) is -0.439. The van der Waals surface area contributed by atoms with E-state index in [1.54, 1.807) is 6.07 Å². The second kappa shape index (κ2) is 9.43. The molecule has 0 radical (unpaired) electrons. The lowest BCUT2D eigenvalue weighted by atomic mass is 10.2. The molecule has 4 aromatic rings. The van der Waals surface area contributed by atoms with Crippen molar-refractivity contribution in [1.82, 2.24) is 24.7 Å². The van der Waals surface area contributed by atoms with E-state index in [9.17, 15) is 18.1 Å². The van der Waals surface area contributed by atoms with E-state index in [1.807, 2.05) is 0 Å². The molecule has 0 spiro atoms. The van der Waals surface area contributed by atoms with Gasteiger partial charge in [0.1, 0.15) is 17.3 Å². The number of anilines is 3. The first kappa shape index (κ1) is 24.9. The molecule has 1 aromatic carbocycles. The van der Waals surface area contributed by atoms with E-state index in [0.29, 0.717) is 0 Å². The molecule has 0 aliphatic carbocycles. The molecule has 0 saturated heterocycles. The van der Waals surface area contributed by atoms with Gasteiger partial charge in [-0.25, -0.2) is 37.8 Å². The maximum absolute atomic E-state index is 14.2. The van der Waals surface area contributed by atoms with Crippen molar-refractivity contribution in [3.63, 3.8) is 0 Å². The molecule has 3 heterocycles. The average molecular weight is 522 g/mol. The van der Waals surface area contributed by atoms with Gasteiger partial charge in [-0.1, -0.05) is 18.2 Å². The summed E-state index contributed by atoms with van der Waals surface area (Å²) in [5, 5.41) is 4.47. The zero-order valence-electron chi connectivity index (χ0n) is 18.2. The summed E-state index contributed by atoms with van der Waals surface area (Å²) in [5.74, 6) is -2.57. The number of hydrogen-bond donors (Lipinski definition) is 4. The van der Waals surface area contributed by atoms with Crippen molar-refractivity contribution in [1.29, 1.82) is 0 Å². The highest BCUT2D eigenvalue weighted by Gasteiger charge is 2.32. The van der Waals surface area contributed by atoms with Crippen molar-refractivity contribution in [2.24, 2.45) is 0 Å². The number of phosphoric acid groups is 1. The van der Waals surface area contributed by atoms with E-state index in [0.717, 1.165) is 19.4 Å². The number of pyridine rings is 1. The van der Waals surface area contributed by atoms with Crippen molar-refractivity contribution < 1.29 is 37.3 Å². The fourth-order valence-corrected chi connectivity index (χ4v) is 3.62. The van der Waals surface area contributed by atoms with Crippen molar-refractivity contribution in [3.8, 4) is 11.5 Å². The van der Waals surface area contributed by atoms with Gasteiger partial charge in [-0.3, -0.25) is 0 Å². The fraction of sp³-hybridized carbons (Fsp3) is 0.105. The van der Waals surface area contributed by atoms with Crippen molar-refractivity contribution in [3.05, 3.63) is 53.7 Å². The number of methoxy groups -OCH3 is 1. The van der Waals surface area contributed by atoms with Crippen LogP contribution in [-0.2, 0) is 20.5 Å². The molecule has 0 unspecified atom stereocenters. The van der Waals surface area contributed by atoms with Crippen LogP contribution in [0, 0.1) is 11.6 Å². The lowest BCUT2D eigenvalue weighted by Gasteiger charge is -2.22. The van der Waals surface area contributed by atoms with Gasteiger partial charge in [-0.15, -0.1) is 5.06 Å². The number of benzene rings is 1. The highest BCUT2D eigenvalue weighted by atomic mass is 31.2. The molecule has 0 bridgehead atoms. The number of fused-ring (bicyclic) bond motifs is 1. The van der Waals surface area contributed by atoms with Gasteiger partial charge < -0.3 is 26.0 Å². The van der Waals surface area contributed by atoms with Crippen LogP contribution in [-0.4, -0.2) is 47.7 Å². The molecular weight excluding hydrogens is 505 g/mol. The summed E-state index contributed by atoms with van der Waals surface area (Å²) >= 11 is 0. The second-order valence-corrected chi connectivity index (χ2v) is 8.27. The second-order valence-electron chi connectivity index (χ2n) is 7.13. The summed E-state index contributed by atoms with van der Waals surface area (Å²) < 4.78 is 49.6. The number of nitrogens with two attached hydrogens (primary N) is 2. The van der Waals surface area contributed by atoms with E-state index in [1.165, 1.54) is 22.9 Å². The Labute approximate surface area is 200 Å². The first-order valence-electron chi connectivity index (χ1n) is 9.80. The molecule has 0 fully saturated rings. The molecule has 0 aliphatic rings. The quantitative estimate of drug-likeness (QED) is 0.212. The minimum Gasteiger partial charge on any atom is -0.451 e. The third kappa shape index (κ3) is 4.92. The first-order chi connectivity index (χ1) is 17.0. The monoisotopic (exact) mass is 522 g/mol. The molecule has 1 amide bonds. The molecule has 0 aliphatic heterocycles. The van der Waals surface area contributed by atoms with Crippen molar-refractivity contribution in [2.45, 2.75) is 6.54 Å². The third-order valence-corrected chi connectivity index (χ3v) is 5.09. The van der Waals surface area contributed by atoms with Gasteiger partial charge in [0.15, 0.2) is 28.8 Å². The van der Waals surface area contributed by atoms with Gasteiger partial charge in [0, 0.05) is 5.56 Å². The number of halogens is 2. The van der Waals surface area contributed by atoms with Gasteiger partial charge >= 0.3 is 13.9 Å². The third-order valence-electron chi connectivity index (χ3n) is 4.71. The molecule has 6 N–H and O–H groups in total. The summed E-state index contributed by atoms with van der Waals surface area (Å²) in [6.45, 7) is -0.0723. The van der Waals surface area contributed by atoms with E-state index in [4.69, 9.17) is 21.3 Å². The first-order valence-corrected chi connectivity index (χ1v) is 11.3. The maximum Gasteiger partial charge on any atom is 0.491 e. The zero-order chi connectivity index (χ0) is 26.2. The Kier molecular flexibility index (Phi) is 6.51. The number of aromatic nitrogens is 5. The summed E-state index contributed by atoms with van der Waals surface area (Å²) in [7, 11) is -4.36.